The molecule has 0 spiro atoms. The van der Waals surface area contributed by atoms with Crippen LogP contribution in [0.3, 0.4) is 0 Å². The zero-order valence-electron chi connectivity index (χ0n) is 18.6. The van der Waals surface area contributed by atoms with Gasteiger partial charge in [-0.15, -0.1) is 11.3 Å². The number of pyridine rings is 1. The zero-order valence-corrected chi connectivity index (χ0v) is 19.5. The minimum absolute atomic E-state index is 0.148. The van der Waals surface area contributed by atoms with Gasteiger partial charge in [-0.3, -0.25) is 9.78 Å². The molecule has 2 N–H and O–H groups in total. The topological polar surface area (TPSA) is 70.4 Å². The number of allylic oxidation sites excluding steroid dienone is 2. The molecule has 0 radical (unpaired) electrons. The monoisotopic (exact) mass is 487 g/mol. The van der Waals surface area contributed by atoms with Crippen LogP contribution < -0.4 is 0 Å². The van der Waals surface area contributed by atoms with Crippen molar-refractivity contribution in [1.29, 1.82) is 0 Å². The highest BCUT2D eigenvalue weighted by atomic mass is 32.1. The highest BCUT2D eigenvalue weighted by Crippen LogP contribution is 2.49. The normalized spacial score (nSPS) is 17.9. The summed E-state index contributed by atoms with van der Waals surface area (Å²) in [5.41, 5.74) is -2.05. The summed E-state index contributed by atoms with van der Waals surface area (Å²) < 4.78 is 43.0. The molecule has 4 nitrogen and oxygen atoms in total. The summed E-state index contributed by atoms with van der Waals surface area (Å²) in [6.07, 6.45) is -0.279. The number of rotatable bonds is 6. The maximum Gasteiger partial charge on any atom is 0.417 e. The molecule has 178 valence electrons. The average Bonchev–Trinajstić information content (AvgIpc) is 3.27. The second kappa shape index (κ2) is 8.67. The molecule has 0 saturated carbocycles. The summed E-state index contributed by atoms with van der Waals surface area (Å²) in [5.74, 6) is -1.14. The predicted molar refractivity (Wildman–Crippen MR) is 125 cm³/mol. The van der Waals surface area contributed by atoms with Crippen molar-refractivity contribution < 1.29 is 28.2 Å². The third-order valence-electron chi connectivity index (χ3n) is 6.34. The lowest BCUT2D eigenvalue weighted by molar-refractivity contribution is -0.270. The van der Waals surface area contributed by atoms with Gasteiger partial charge in [0, 0.05) is 29.4 Å². The van der Waals surface area contributed by atoms with Gasteiger partial charge in [-0.2, -0.15) is 13.2 Å². The number of hydrogen-bond donors (Lipinski definition) is 2. The Morgan fingerprint density at radius 1 is 1.12 bits per heavy atom. The number of carbonyl (C=O) groups excluding carboxylic acids is 1. The largest absolute Gasteiger partial charge is 0.508 e. The number of nitrogens with zero attached hydrogens (tertiary/aromatic N) is 1. The van der Waals surface area contributed by atoms with Gasteiger partial charge in [0.15, 0.2) is 11.4 Å². The molecular formula is C26H24F3NO3S. The molecule has 2 unspecified atom stereocenters. The van der Waals surface area contributed by atoms with Crippen molar-refractivity contribution in [1.82, 2.24) is 4.98 Å². The molecule has 34 heavy (non-hydrogen) atoms. The Morgan fingerprint density at radius 2 is 1.88 bits per heavy atom. The summed E-state index contributed by atoms with van der Waals surface area (Å²) in [6.45, 7) is 3.14. The number of benzene rings is 1. The molecule has 0 bridgehead atoms. The summed E-state index contributed by atoms with van der Waals surface area (Å²) in [4.78, 5) is 16.5. The van der Waals surface area contributed by atoms with Crippen LogP contribution in [-0.4, -0.2) is 32.8 Å². The molecular weight excluding hydrogens is 463 g/mol. The van der Waals surface area contributed by atoms with Crippen molar-refractivity contribution in [2.75, 3.05) is 0 Å². The molecule has 4 rings (SSSR count). The summed E-state index contributed by atoms with van der Waals surface area (Å²) >= 11 is 1.18. The number of ketones is 1. The van der Waals surface area contributed by atoms with E-state index in [9.17, 15) is 28.2 Å². The van der Waals surface area contributed by atoms with Gasteiger partial charge >= 0.3 is 6.18 Å². The first kappa shape index (κ1) is 24.2. The number of halogens is 3. The highest BCUT2D eigenvalue weighted by molar-refractivity contribution is 7.12. The van der Waals surface area contributed by atoms with E-state index in [0.717, 1.165) is 5.56 Å². The molecule has 2 heterocycles. The van der Waals surface area contributed by atoms with Crippen LogP contribution in [0.15, 0.2) is 66.3 Å². The Balaban J connectivity index is 1.69. The molecule has 2 aromatic heterocycles. The Hall–Kier alpha value is -2.97. The van der Waals surface area contributed by atoms with E-state index in [4.69, 9.17) is 0 Å². The van der Waals surface area contributed by atoms with Gasteiger partial charge in [0.1, 0.15) is 5.75 Å². The number of phenols is 1. The maximum absolute atomic E-state index is 14.3. The molecule has 3 aromatic rings. The van der Waals surface area contributed by atoms with E-state index in [0.29, 0.717) is 21.6 Å². The number of thiophene rings is 1. The van der Waals surface area contributed by atoms with Gasteiger partial charge in [-0.1, -0.05) is 32.1 Å². The van der Waals surface area contributed by atoms with Gasteiger partial charge in [-0.05, 0) is 65.1 Å². The summed E-state index contributed by atoms with van der Waals surface area (Å²) in [7, 11) is 0. The smallest absolute Gasteiger partial charge is 0.417 e. The van der Waals surface area contributed by atoms with E-state index in [1.54, 1.807) is 55.9 Å². The number of aromatic nitrogens is 1. The number of fused-ring (bicyclic) bond motifs is 1. The molecule has 0 saturated heterocycles. The fourth-order valence-corrected chi connectivity index (χ4v) is 5.53. The number of aromatic hydroxyl groups is 1. The SMILES string of the molecule is CC(C)(CC(O)(CC1C=CC(=O)c2sccc21)C(F)(F)F)c1cc(-c2cccnc2)ccc1O. The predicted octanol–water partition coefficient (Wildman–Crippen LogP) is 6.40. The summed E-state index contributed by atoms with van der Waals surface area (Å²) in [6, 6.07) is 9.95. The second-order valence-electron chi connectivity index (χ2n) is 9.30. The highest BCUT2D eigenvalue weighted by Gasteiger charge is 2.57. The van der Waals surface area contributed by atoms with Crippen molar-refractivity contribution >= 4 is 17.1 Å². The van der Waals surface area contributed by atoms with E-state index in [1.165, 1.54) is 29.6 Å². The van der Waals surface area contributed by atoms with Gasteiger partial charge in [0.2, 0.25) is 0 Å². The van der Waals surface area contributed by atoms with Crippen LogP contribution in [0.25, 0.3) is 11.1 Å². The van der Waals surface area contributed by atoms with Crippen molar-refractivity contribution in [2.45, 2.75) is 49.8 Å². The van der Waals surface area contributed by atoms with Crippen LogP contribution in [0.1, 0.15) is 53.4 Å². The summed E-state index contributed by atoms with van der Waals surface area (Å²) in [5, 5.41) is 23.3. The van der Waals surface area contributed by atoms with Crippen LogP contribution in [0.5, 0.6) is 5.75 Å². The van der Waals surface area contributed by atoms with Crippen molar-refractivity contribution in [3.05, 3.63) is 82.3 Å². The van der Waals surface area contributed by atoms with Gasteiger partial charge in [0.05, 0.1) is 4.88 Å². The minimum atomic E-state index is -4.92. The molecule has 0 amide bonds. The maximum atomic E-state index is 14.3. The lowest BCUT2D eigenvalue weighted by atomic mass is 9.70. The molecule has 1 aliphatic rings. The van der Waals surface area contributed by atoms with E-state index in [2.05, 4.69) is 4.98 Å². The molecule has 8 heteroatoms. The molecule has 0 aliphatic heterocycles. The average molecular weight is 488 g/mol. The van der Waals surface area contributed by atoms with E-state index in [-0.39, 0.29) is 11.5 Å². The minimum Gasteiger partial charge on any atom is -0.508 e. The van der Waals surface area contributed by atoms with Crippen LogP contribution >= 0.6 is 11.3 Å². The van der Waals surface area contributed by atoms with Gasteiger partial charge < -0.3 is 10.2 Å². The molecule has 1 aromatic carbocycles. The quantitative estimate of drug-likeness (QED) is 0.422. The van der Waals surface area contributed by atoms with Crippen molar-refractivity contribution in [3.63, 3.8) is 0 Å². The fraction of sp³-hybridized carbons (Fsp3) is 0.308. The third-order valence-corrected chi connectivity index (χ3v) is 7.28. The first-order valence-corrected chi connectivity index (χ1v) is 11.6. The Bertz CT molecular complexity index is 1230. The lowest BCUT2D eigenvalue weighted by Gasteiger charge is -2.40. The van der Waals surface area contributed by atoms with Crippen LogP contribution in [0.4, 0.5) is 13.2 Å². The van der Waals surface area contributed by atoms with E-state index >= 15 is 0 Å². The number of aliphatic hydroxyl groups is 1. The van der Waals surface area contributed by atoms with Crippen LogP contribution in [-0.2, 0) is 5.41 Å². The number of hydrogen-bond acceptors (Lipinski definition) is 5. The fourth-order valence-electron chi connectivity index (χ4n) is 4.64. The number of carbonyl (C=O) groups is 1. The van der Waals surface area contributed by atoms with Gasteiger partial charge in [-0.25, -0.2) is 0 Å². The Labute approximate surface area is 199 Å². The molecule has 1 aliphatic carbocycles. The first-order valence-electron chi connectivity index (χ1n) is 10.7. The zero-order chi connectivity index (χ0) is 24.7. The first-order chi connectivity index (χ1) is 15.9. The van der Waals surface area contributed by atoms with E-state index < -0.39 is 36.0 Å². The molecule has 2 atom stereocenters. The standard InChI is InChI=1S/C26H24F3NO3S/c1-24(2,20-12-16(5-7-21(20)31)18-4-3-10-30-14-18)15-25(33,26(27,28)29)13-17-6-8-22(32)23-19(17)9-11-34-23/h3-12,14,17,31,33H,13,15H2,1-2H3. The Morgan fingerprint density at radius 3 is 2.56 bits per heavy atom. The second-order valence-corrected chi connectivity index (χ2v) is 10.2. The number of alkyl halides is 3. The lowest BCUT2D eigenvalue weighted by Crippen LogP contribution is -2.50. The third kappa shape index (κ3) is 4.52. The molecule has 0 fully saturated rings. The van der Waals surface area contributed by atoms with Crippen LogP contribution in [0.2, 0.25) is 0 Å². The van der Waals surface area contributed by atoms with E-state index in [1.807, 2.05) is 6.07 Å². The number of phenolic OH excluding ortho intramolecular Hbond substituents is 1. The van der Waals surface area contributed by atoms with Crippen LogP contribution in [0, 0.1) is 0 Å². The Kier molecular flexibility index (Phi) is 6.16. The van der Waals surface area contributed by atoms with Crippen molar-refractivity contribution in [2.24, 2.45) is 0 Å². The van der Waals surface area contributed by atoms with Crippen molar-refractivity contribution in [3.8, 4) is 16.9 Å². The van der Waals surface area contributed by atoms with Gasteiger partial charge in [0.25, 0.3) is 0 Å².